The Labute approximate surface area is 109 Å². The minimum absolute atomic E-state index is 0.000488. The first-order valence-electron chi connectivity index (χ1n) is 6.37. The van der Waals surface area contributed by atoms with Crippen LogP contribution in [0.15, 0.2) is 0 Å². The van der Waals surface area contributed by atoms with Gasteiger partial charge >= 0.3 is 0 Å². The van der Waals surface area contributed by atoms with Crippen LogP contribution in [-0.2, 0) is 14.8 Å². The zero-order valence-corrected chi connectivity index (χ0v) is 11.7. The first-order valence-corrected chi connectivity index (χ1v) is 7.98. The molecule has 106 valence electrons. The highest BCUT2D eigenvalue weighted by Crippen LogP contribution is 2.25. The molecule has 0 aromatic heterocycles. The minimum Gasteiger partial charge on any atom is -0.387 e. The van der Waals surface area contributed by atoms with Crippen LogP contribution >= 0.6 is 0 Å². The molecule has 1 saturated carbocycles. The molecule has 0 spiro atoms. The van der Waals surface area contributed by atoms with Gasteiger partial charge in [0.25, 0.3) is 0 Å². The van der Waals surface area contributed by atoms with E-state index < -0.39 is 10.0 Å². The van der Waals surface area contributed by atoms with Crippen molar-refractivity contribution >= 4 is 15.9 Å². The van der Waals surface area contributed by atoms with Crippen molar-refractivity contribution in [1.29, 1.82) is 5.41 Å². The molecule has 0 aromatic rings. The Kier molecular flexibility index (Phi) is 6.04. The van der Waals surface area contributed by atoms with Crippen LogP contribution in [0.5, 0.6) is 0 Å². The summed E-state index contributed by atoms with van der Waals surface area (Å²) >= 11 is 0. The smallest absolute Gasteiger partial charge is 0.217 e. The molecule has 1 aliphatic carbocycles. The van der Waals surface area contributed by atoms with Gasteiger partial charge < -0.3 is 10.5 Å². The molecule has 0 aromatic carbocycles. The quantitative estimate of drug-likeness (QED) is 0.384. The lowest BCUT2D eigenvalue weighted by molar-refractivity contribution is 0.162. The zero-order chi connectivity index (χ0) is 13.6. The number of hydrogen-bond acceptors (Lipinski definition) is 4. The number of nitrogens with one attached hydrogen (secondary N) is 1. The summed E-state index contributed by atoms with van der Waals surface area (Å²) in [6, 6.07) is 0.000488. The lowest BCUT2D eigenvalue weighted by atomic mass is 10.2. The Morgan fingerprint density at radius 1 is 1.44 bits per heavy atom. The van der Waals surface area contributed by atoms with Gasteiger partial charge in [-0.15, -0.1) is 0 Å². The van der Waals surface area contributed by atoms with Crippen LogP contribution in [0, 0.1) is 5.41 Å². The van der Waals surface area contributed by atoms with Crippen molar-refractivity contribution in [2.45, 2.75) is 38.6 Å². The predicted molar refractivity (Wildman–Crippen MR) is 71.2 cm³/mol. The molecule has 7 heteroatoms. The van der Waals surface area contributed by atoms with Crippen molar-refractivity contribution in [2.75, 3.05) is 25.5 Å². The van der Waals surface area contributed by atoms with E-state index in [4.69, 9.17) is 15.9 Å². The number of ether oxygens (including phenoxy) is 1. The van der Waals surface area contributed by atoms with Gasteiger partial charge in [-0.25, -0.2) is 8.42 Å². The standard InChI is InChI=1S/C11H23N3O3S/c1-2-17-7-8-18(15,16)14(9-11(12)13)10-5-3-4-6-10/h10H,2-9H2,1H3,(H3,12,13). The van der Waals surface area contributed by atoms with Crippen molar-refractivity contribution < 1.29 is 13.2 Å². The molecule has 0 saturated heterocycles. The van der Waals surface area contributed by atoms with E-state index in [-0.39, 0.29) is 30.8 Å². The second kappa shape index (κ2) is 7.06. The molecule has 3 N–H and O–H groups in total. The van der Waals surface area contributed by atoms with Crippen LogP contribution in [0.1, 0.15) is 32.6 Å². The van der Waals surface area contributed by atoms with Gasteiger partial charge in [0.2, 0.25) is 10.0 Å². The van der Waals surface area contributed by atoms with E-state index in [1.165, 1.54) is 4.31 Å². The lowest BCUT2D eigenvalue weighted by Gasteiger charge is -2.27. The van der Waals surface area contributed by atoms with Crippen molar-refractivity contribution in [3.8, 4) is 0 Å². The van der Waals surface area contributed by atoms with Crippen LogP contribution in [0.25, 0.3) is 0 Å². The monoisotopic (exact) mass is 277 g/mol. The van der Waals surface area contributed by atoms with Gasteiger partial charge in [-0.1, -0.05) is 12.8 Å². The first kappa shape index (κ1) is 15.4. The number of rotatable bonds is 8. The Hall–Kier alpha value is -0.660. The van der Waals surface area contributed by atoms with E-state index in [9.17, 15) is 8.42 Å². The normalized spacial score (nSPS) is 17.4. The van der Waals surface area contributed by atoms with Gasteiger partial charge in [0.15, 0.2) is 0 Å². The highest BCUT2D eigenvalue weighted by atomic mass is 32.2. The van der Waals surface area contributed by atoms with Crippen LogP contribution < -0.4 is 5.73 Å². The van der Waals surface area contributed by atoms with Crippen molar-refractivity contribution in [3.63, 3.8) is 0 Å². The minimum atomic E-state index is -3.39. The third-order valence-electron chi connectivity index (χ3n) is 3.11. The Bertz CT molecular complexity index is 364. The zero-order valence-electron chi connectivity index (χ0n) is 10.9. The number of amidine groups is 1. The highest BCUT2D eigenvalue weighted by Gasteiger charge is 2.32. The van der Waals surface area contributed by atoms with Crippen LogP contribution in [0.2, 0.25) is 0 Å². The van der Waals surface area contributed by atoms with Crippen molar-refractivity contribution in [1.82, 2.24) is 4.31 Å². The molecule has 0 unspecified atom stereocenters. The Balaban J connectivity index is 2.70. The summed E-state index contributed by atoms with van der Waals surface area (Å²) in [6.07, 6.45) is 3.81. The Morgan fingerprint density at radius 2 is 2.06 bits per heavy atom. The average molecular weight is 277 g/mol. The summed E-state index contributed by atoms with van der Waals surface area (Å²) in [7, 11) is -3.39. The fraction of sp³-hybridized carbons (Fsp3) is 0.909. The average Bonchev–Trinajstić information content (AvgIpc) is 2.78. The number of hydrogen-bond donors (Lipinski definition) is 2. The molecular formula is C11H23N3O3S. The van der Waals surface area contributed by atoms with Crippen LogP contribution in [-0.4, -0.2) is 50.1 Å². The SMILES string of the molecule is CCOCCS(=O)(=O)N(CC(=N)N)C1CCCC1. The molecule has 0 aliphatic heterocycles. The van der Waals surface area contributed by atoms with Gasteiger partial charge in [0.1, 0.15) is 5.84 Å². The maximum Gasteiger partial charge on any atom is 0.217 e. The molecule has 0 heterocycles. The van der Waals surface area contributed by atoms with Gasteiger partial charge in [-0.3, -0.25) is 5.41 Å². The molecule has 6 nitrogen and oxygen atoms in total. The lowest BCUT2D eigenvalue weighted by Crippen LogP contribution is -2.45. The molecule has 0 amide bonds. The van der Waals surface area contributed by atoms with Gasteiger partial charge in [0, 0.05) is 12.6 Å². The fourth-order valence-electron chi connectivity index (χ4n) is 2.24. The number of sulfonamides is 1. The van der Waals surface area contributed by atoms with E-state index >= 15 is 0 Å². The molecule has 0 bridgehead atoms. The summed E-state index contributed by atoms with van der Waals surface area (Å²) < 4.78 is 30.9. The summed E-state index contributed by atoms with van der Waals surface area (Å²) in [4.78, 5) is 0. The largest absolute Gasteiger partial charge is 0.387 e. The summed E-state index contributed by atoms with van der Waals surface area (Å²) in [5.74, 6) is -0.146. The van der Waals surface area contributed by atoms with Gasteiger partial charge in [-0.2, -0.15) is 4.31 Å². The topological polar surface area (TPSA) is 96.5 Å². The van der Waals surface area contributed by atoms with Crippen molar-refractivity contribution in [2.24, 2.45) is 5.73 Å². The summed E-state index contributed by atoms with van der Waals surface area (Å²) in [6.45, 7) is 2.53. The maximum absolute atomic E-state index is 12.2. The summed E-state index contributed by atoms with van der Waals surface area (Å²) in [5, 5.41) is 7.32. The van der Waals surface area contributed by atoms with E-state index in [0.29, 0.717) is 6.61 Å². The third kappa shape index (κ3) is 4.55. The molecule has 0 radical (unpaired) electrons. The first-order chi connectivity index (χ1) is 8.47. The fourth-order valence-corrected chi connectivity index (χ4v) is 3.80. The number of nitrogens with zero attached hydrogens (tertiary/aromatic N) is 1. The van der Waals surface area contributed by atoms with E-state index in [1.807, 2.05) is 6.92 Å². The maximum atomic E-state index is 12.2. The molecule has 1 aliphatic rings. The molecular weight excluding hydrogens is 254 g/mol. The Morgan fingerprint density at radius 3 is 2.56 bits per heavy atom. The highest BCUT2D eigenvalue weighted by molar-refractivity contribution is 7.89. The predicted octanol–water partition coefficient (Wildman–Crippen LogP) is 0.533. The van der Waals surface area contributed by atoms with Gasteiger partial charge in [0.05, 0.1) is 18.9 Å². The number of nitrogens with two attached hydrogens (primary N) is 1. The third-order valence-corrected chi connectivity index (χ3v) is 4.93. The second-order valence-corrected chi connectivity index (χ2v) is 6.56. The molecule has 1 fully saturated rings. The van der Waals surface area contributed by atoms with E-state index in [2.05, 4.69) is 0 Å². The van der Waals surface area contributed by atoms with E-state index in [0.717, 1.165) is 25.7 Å². The van der Waals surface area contributed by atoms with Crippen LogP contribution in [0.4, 0.5) is 0 Å². The molecule has 0 atom stereocenters. The molecule has 18 heavy (non-hydrogen) atoms. The van der Waals surface area contributed by atoms with Crippen molar-refractivity contribution in [3.05, 3.63) is 0 Å². The molecule has 1 rings (SSSR count). The van der Waals surface area contributed by atoms with Crippen LogP contribution in [0.3, 0.4) is 0 Å². The van der Waals surface area contributed by atoms with E-state index in [1.54, 1.807) is 0 Å². The van der Waals surface area contributed by atoms with Gasteiger partial charge in [-0.05, 0) is 19.8 Å². The second-order valence-electron chi connectivity index (χ2n) is 4.52. The summed E-state index contributed by atoms with van der Waals surface area (Å²) in [5.41, 5.74) is 5.36.